The molecular weight excluding hydrogens is 532 g/mol. The lowest BCUT2D eigenvalue weighted by atomic mass is 9.91. The molecule has 0 spiro atoms. The van der Waals surface area contributed by atoms with Crippen molar-refractivity contribution in [2.45, 2.75) is 19.0 Å². The van der Waals surface area contributed by atoms with Gasteiger partial charge < -0.3 is 4.74 Å². The summed E-state index contributed by atoms with van der Waals surface area (Å²) in [6.45, 7) is -0.399. The number of para-hydroxylation sites is 1. The Labute approximate surface area is 224 Å². The summed E-state index contributed by atoms with van der Waals surface area (Å²) in [6, 6.07) is 23.0. The number of ether oxygens (including phenoxy) is 1. The van der Waals surface area contributed by atoms with Crippen LogP contribution < -0.4 is 4.74 Å². The van der Waals surface area contributed by atoms with Crippen molar-refractivity contribution in [3.05, 3.63) is 131 Å². The Bertz CT molecular complexity index is 1690. The normalized spacial score (nSPS) is 11.9. The quantitative estimate of drug-likeness (QED) is 0.156. The largest absolute Gasteiger partial charge is 0.489 e. The SMILES string of the molecule is O=C(c1ccccc1)c1cnc2c(C(F)(F)F)cccc2c1-c1cccc(OCc2ccccc2C(F)(F)F)c1. The van der Waals surface area contributed by atoms with Gasteiger partial charge in [0.15, 0.2) is 5.78 Å². The van der Waals surface area contributed by atoms with E-state index in [-0.39, 0.29) is 33.3 Å². The first-order chi connectivity index (χ1) is 19.0. The molecule has 0 radical (unpaired) electrons. The molecule has 0 fully saturated rings. The Hall–Kier alpha value is -4.66. The number of benzene rings is 4. The van der Waals surface area contributed by atoms with Crippen LogP contribution in [0.1, 0.15) is 32.6 Å². The fraction of sp³-hybridized carbons (Fsp3) is 0.0968. The van der Waals surface area contributed by atoms with Gasteiger partial charge in [0.2, 0.25) is 0 Å². The predicted octanol–water partition coefficient (Wildman–Crippen LogP) is 8.75. The average molecular weight is 551 g/mol. The molecule has 5 rings (SSSR count). The number of carbonyl (C=O) groups excluding carboxylic acids is 1. The zero-order chi connectivity index (χ0) is 28.5. The van der Waals surface area contributed by atoms with Crippen LogP contribution in [0, 0.1) is 0 Å². The summed E-state index contributed by atoms with van der Waals surface area (Å²) in [7, 11) is 0. The summed E-state index contributed by atoms with van der Waals surface area (Å²) in [5.41, 5.74) is -1.28. The van der Waals surface area contributed by atoms with Crippen LogP contribution >= 0.6 is 0 Å². The highest BCUT2D eigenvalue weighted by Crippen LogP contribution is 2.40. The van der Waals surface area contributed by atoms with E-state index < -0.39 is 35.9 Å². The van der Waals surface area contributed by atoms with Crippen molar-refractivity contribution < 1.29 is 35.9 Å². The molecule has 0 aliphatic heterocycles. The van der Waals surface area contributed by atoms with Crippen LogP contribution in [-0.2, 0) is 19.0 Å². The van der Waals surface area contributed by atoms with Crippen LogP contribution in [-0.4, -0.2) is 10.8 Å². The van der Waals surface area contributed by atoms with Crippen molar-refractivity contribution in [1.82, 2.24) is 4.98 Å². The van der Waals surface area contributed by atoms with E-state index in [4.69, 9.17) is 4.74 Å². The number of rotatable bonds is 6. The fourth-order valence-corrected chi connectivity index (χ4v) is 4.51. The van der Waals surface area contributed by atoms with E-state index in [2.05, 4.69) is 4.98 Å². The van der Waals surface area contributed by atoms with Crippen LogP contribution in [0.3, 0.4) is 0 Å². The van der Waals surface area contributed by atoms with Gasteiger partial charge in [0.1, 0.15) is 12.4 Å². The van der Waals surface area contributed by atoms with Crippen molar-refractivity contribution in [1.29, 1.82) is 0 Å². The summed E-state index contributed by atoms with van der Waals surface area (Å²) in [4.78, 5) is 17.5. The van der Waals surface area contributed by atoms with Gasteiger partial charge in [-0.3, -0.25) is 9.78 Å². The topological polar surface area (TPSA) is 39.2 Å². The first-order valence-electron chi connectivity index (χ1n) is 12.0. The molecule has 0 N–H and O–H groups in total. The Morgan fingerprint density at radius 3 is 2.10 bits per heavy atom. The summed E-state index contributed by atoms with van der Waals surface area (Å²) in [5.74, 6) is -0.280. The van der Waals surface area contributed by atoms with E-state index in [0.717, 1.165) is 18.3 Å². The van der Waals surface area contributed by atoms with E-state index in [9.17, 15) is 31.1 Å². The maximum Gasteiger partial charge on any atom is 0.418 e. The second-order valence-electron chi connectivity index (χ2n) is 8.91. The van der Waals surface area contributed by atoms with Gasteiger partial charge in [0, 0.05) is 33.8 Å². The van der Waals surface area contributed by atoms with Gasteiger partial charge in [-0.15, -0.1) is 0 Å². The number of nitrogens with zero attached hydrogens (tertiary/aromatic N) is 1. The standard InChI is InChI=1S/C31H19F6NO2/c32-30(33,34)25-14-5-4-10-21(25)18-40-22-12-6-11-20(16-22)27-23-13-7-15-26(31(35,36)37)28(23)38-17-24(27)29(39)19-8-2-1-3-9-19/h1-17H,18H2. The zero-order valence-electron chi connectivity index (χ0n) is 20.6. The molecule has 5 aromatic rings. The smallest absolute Gasteiger partial charge is 0.418 e. The number of alkyl halides is 6. The van der Waals surface area contributed by atoms with E-state index in [1.54, 1.807) is 42.5 Å². The highest BCUT2D eigenvalue weighted by molar-refractivity contribution is 6.16. The number of ketones is 1. The maximum atomic E-state index is 13.8. The Morgan fingerprint density at radius 1 is 0.725 bits per heavy atom. The lowest BCUT2D eigenvalue weighted by Gasteiger charge is -2.17. The Morgan fingerprint density at radius 2 is 1.38 bits per heavy atom. The van der Waals surface area contributed by atoms with Gasteiger partial charge in [0.25, 0.3) is 0 Å². The van der Waals surface area contributed by atoms with Gasteiger partial charge in [-0.05, 0) is 29.8 Å². The molecule has 0 atom stereocenters. The first-order valence-corrected chi connectivity index (χ1v) is 12.0. The van der Waals surface area contributed by atoms with Crippen molar-refractivity contribution in [2.24, 2.45) is 0 Å². The van der Waals surface area contributed by atoms with Crippen LogP contribution in [0.2, 0.25) is 0 Å². The van der Waals surface area contributed by atoms with E-state index in [0.29, 0.717) is 11.1 Å². The van der Waals surface area contributed by atoms with Gasteiger partial charge in [0.05, 0.1) is 16.6 Å². The first kappa shape index (κ1) is 26.9. The number of pyridine rings is 1. The van der Waals surface area contributed by atoms with E-state index >= 15 is 0 Å². The van der Waals surface area contributed by atoms with Crippen molar-refractivity contribution >= 4 is 16.7 Å². The molecule has 0 saturated heterocycles. The minimum atomic E-state index is -4.69. The summed E-state index contributed by atoms with van der Waals surface area (Å²) < 4.78 is 87.4. The van der Waals surface area contributed by atoms with Crippen LogP contribution in [0.5, 0.6) is 5.75 Å². The fourth-order valence-electron chi connectivity index (χ4n) is 4.51. The zero-order valence-corrected chi connectivity index (χ0v) is 20.6. The second-order valence-corrected chi connectivity index (χ2v) is 8.91. The van der Waals surface area contributed by atoms with Crippen LogP contribution in [0.4, 0.5) is 26.3 Å². The molecule has 9 heteroatoms. The molecule has 1 heterocycles. The number of carbonyl (C=O) groups is 1. The number of hydrogen-bond acceptors (Lipinski definition) is 3. The third-order valence-electron chi connectivity index (χ3n) is 6.32. The highest BCUT2D eigenvalue weighted by atomic mass is 19.4. The van der Waals surface area contributed by atoms with Gasteiger partial charge >= 0.3 is 12.4 Å². The monoisotopic (exact) mass is 551 g/mol. The molecule has 0 aliphatic carbocycles. The lowest BCUT2D eigenvalue weighted by Crippen LogP contribution is -2.11. The third-order valence-corrected chi connectivity index (χ3v) is 6.32. The number of hydrogen-bond donors (Lipinski definition) is 0. The molecule has 3 nitrogen and oxygen atoms in total. The van der Waals surface area contributed by atoms with Gasteiger partial charge in [-0.1, -0.05) is 72.8 Å². The molecule has 40 heavy (non-hydrogen) atoms. The number of fused-ring (bicyclic) bond motifs is 1. The van der Waals surface area contributed by atoms with E-state index in [1.807, 2.05) is 0 Å². The van der Waals surface area contributed by atoms with Crippen LogP contribution in [0.15, 0.2) is 103 Å². The maximum absolute atomic E-state index is 13.8. The predicted molar refractivity (Wildman–Crippen MR) is 138 cm³/mol. The number of aromatic nitrogens is 1. The average Bonchev–Trinajstić information content (AvgIpc) is 2.94. The Balaban J connectivity index is 1.63. The molecule has 0 unspecified atom stereocenters. The summed E-state index contributed by atoms with van der Waals surface area (Å²) in [6.07, 6.45) is -8.14. The van der Waals surface area contributed by atoms with Crippen LogP contribution in [0.25, 0.3) is 22.0 Å². The van der Waals surface area contributed by atoms with Crippen molar-refractivity contribution in [3.63, 3.8) is 0 Å². The van der Waals surface area contributed by atoms with E-state index in [1.165, 1.54) is 42.5 Å². The molecule has 4 aromatic carbocycles. The lowest BCUT2D eigenvalue weighted by molar-refractivity contribution is -0.138. The number of halogens is 6. The molecule has 1 aromatic heterocycles. The molecular formula is C31H19F6NO2. The van der Waals surface area contributed by atoms with Crippen molar-refractivity contribution in [3.8, 4) is 16.9 Å². The third kappa shape index (κ3) is 5.40. The molecule has 0 saturated carbocycles. The van der Waals surface area contributed by atoms with Crippen molar-refractivity contribution in [2.75, 3.05) is 0 Å². The second kappa shape index (κ2) is 10.5. The molecule has 0 amide bonds. The Kier molecular flexibility index (Phi) is 7.06. The highest BCUT2D eigenvalue weighted by Gasteiger charge is 2.34. The summed E-state index contributed by atoms with van der Waals surface area (Å²) >= 11 is 0. The minimum absolute atomic E-state index is 0.0672. The summed E-state index contributed by atoms with van der Waals surface area (Å²) in [5, 5.41) is 0.0937. The van der Waals surface area contributed by atoms with Gasteiger partial charge in [-0.25, -0.2) is 0 Å². The molecule has 0 bridgehead atoms. The molecule has 202 valence electrons. The molecule has 0 aliphatic rings. The van der Waals surface area contributed by atoms with Gasteiger partial charge in [-0.2, -0.15) is 26.3 Å². The minimum Gasteiger partial charge on any atom is -0.489 e.